The van der Waals surface area contributed by atoms with E-state index < -0.39 is 18.0 Å². The molecular formula is C20H18N2O4S2. The Kier molecular flexibility index (Phi) is 6.67. The largest absolute Gasteiger partial charge is 0.453 e. The van der Waals surface area contributed by atoms with Gasteiger partial charge in [-0.15, -0.1) is 22.7 Å². The Labute approximate surface area is 170 Å². The van der Waals surface area contributed by atoms with Crippen LogP contribution in [0, 0.1) is 0 Å². The number of carbonyl (C=O) groups excluding carboxylic acids is 3. The van der Waals surface area contributed by atoms with Crippen LogP contribution in [0.15, 0.2) is 53.2 Å². The molecule has 0 aliphatic carbocycles. The van der Waals surface area contributed by atoms with Crippen molar-refractivity contribution in [2.45, 2.75) is 25.9 Å². The quantitative estimate of drug-likeness (QED) is 0.436. The summed E-state index contributed by atoms with van der Waals surface area (Å²) in [6.07, 6.45) is -0.988. The predicted octanol–water partition coefficient (Wildman–Crippen LogP) is 4.40. The molecule has 0 fully saturated rings. The molecule has 2 heterocycles. The van der Waals surface area contributed by atoms with Gasteiger partial charge in [-0.05, 0) is 18.4 Å². The van der Waals surface area contributed by atoms with Crippen molar-refractivity contribution in [3.8, 4) is 11.3 Å². The number of anilines is 1. The van der Waals surface area contributed by atoms with Crippen molar-refractivity contribution in [2.24, 2.45) is 0 Å². The van der Waals surface area contributed by atoms with Gasteiger partial charge in [0.25, 0.3) is 5.91 Å². The summed E-state index contributed by atoms with van der Waals surface area (Å²) in [7, 11) is 0. The van der Waals surface area contributed by atoms with Crippen LogP contribution in [0.1, 0.15) is 29.4 Å². The Morgan fingerprint density at radius 3 is 2.57 bits per heavy atom. The molecule has 0 bridgehead atoms. The highest BCUT2D eigenvalue weighted by atomic mass is 32.1. The molecule has 0 saturated carbocycles. The van der Waals surface area contributed by atoms with Crippen molar-refractivity contribution < 1.29 is 19.1 Å². The molecule has 0 radical (unpaired) electrons. The second-order valence-corrected chi connectivity index (χ2v) is 7.73. The first kappa shape index (κ1) is 19.9. The van der Waals surface area contributed by atoms with E-state index in [-0.39, 0.29) is 18.6 Å². The number of nitrogens with zero attached hydrogens (tertiary/aromatic N) is 1. The van der Waals surface area contributed by atoms with Crippen molar-refractivity contribution >= 4 is 45.5 Å². The summed E-state index contributed by atoms with van der Waals surface area (Å²) in [5.41, 5.74) is 1.71. The van der Waals surface area contributed by atoms with Crippen molar-refractivity contribution in [3.63, 3.8) is 0 Å². The second kappa shape index (κ2) is 9.38. The van der Waals surface area contributed by atoms with Gasteiger partial charge in [0.05, 0.1) is 17.0 Å². The Balaban J connectivity index is 1.47. The summed E-state index contributed by atoms with van der Waals surface area (Å²) in [6, 6.07) is 13.1. The van der Waals surface area contributed by atoms with Crippen LogP contribution in [0.4, 0.5) is 5.13 Å². The Bertz CT molecular complexity index is 952. The lowest BCUT2D eigenvalue weighted by atomic mass is 10.2. The van der Waals surface area contributed by atoms with E-state index in [0.29, 0.717) is 10.0 Å². The SMILES string of the molecule is C[C@H](OC(=O)CCC(=O)c1cccs1)C(=O)Nc1nc(-c2ccccc2)cs1. The molecule has 28 heavy (non-hydrogen) atoms. The standard InChI is InChI=1S/C20H18N2O4S2/c1-13(26-18(24)10-9-16(23)17-8-5-11-27-17)19(25)22-20-21-15(12-28-20)14-6-3-2-4-7-14/h2-8,11-13H,9-10H2,1H3,(H,21,22,25)/t13-/m0/s1. The number of thiazole rings is 1. The molecule has 1 atom stereocenters. The van der Waals surface area contributed by atoms with Gasteiger partial charge in [-0.25, -0.2) is 4.98 Å². The lowest BCUT2D eigenvalue weighted by molar-refractivity contribution is -0.153. The van der Waals surface area contributed by atoms with Gasteiger partial charge in [0.1, 0.15) is 0 Å². The molecule has 0 saturated heterocycles. The molecule has 6 nitrogen and oxygen atoms in total. The smallest absolute Gasteiger partial charge is 0.307 e. The number of aromatic nitrogens is 1. The molecule has 1 N–H and O–H groups in total. The molecule has 1 aromatic carbocycles. The Morgan fingerprint density at radius 2 is 1.86 bits per heavy atom. The van der Waals surface area contributed by atoms with Gasteiger partial charge in [0.2, 0.25) is 0 Å². The average Bonchev–Trinajstić information content (AvgIpc) is 3.39. The number of rotatable bonds is 8. The fraction of sp³-hybridized carbons (Fsp3) is 0.200. The van der Waals surface area contributed by atoms with E-state index in [9.17, 15) is 14.4 Å². The minimum absolute atomic E-state index is 0.0562. The molecule has 3 rings (SSSR count). The average molecular weight is 415 g/mol. The van der Waals surface area contributed by atoms with Gasteiger partial charge in [-0.3, -0.25) is 19.7 Å². The number of amides is 1. The van der Waals surface area contributed by atoms with E-state index in [1.54, 1.807) is 17.5 Å². The number of benzene rings is 1. The van der Waals surface area contributed by atoms with Crippen LogP contribution in [-0.2, 0) is 14.3 Å². The third-order valence-corrected chi connectivity index (χ3v) is 5.50. The number of ketones is 1. The van der Waals surface area contributed by atoms with Crippen LogP contribution in [0.2, 0.25) is 0 Å². The van der Waals surface area contributed by atoms with Crippen molar-refractivity contribution in [2.75, 3.05) is 5.32 Å². The van der Waals surface area contributed by atoms with Gasteiger partial charge in [-0.2, -0.15) is 0 Å². The lowest BCUT2D eigenvalue weighted by Gasteiger charge is -2.12. The number of nitrogens with one attached hydrogen (secondary N) is 1. The molecule has 0 aliphatic heterocycles. The molecule has 3 aromatic rings. The molecule has 0 spiro atoms. The molecule has 8 heteroatoms. The molecule has 0 unspecified atom stereocenters. The predicted molar refractivity (Wildman–Crippen MR) is 110 cm³/mol. The summed E-state index contributed by atoms with van der Waals surface area (Å²) in [6.45, 7) is 1.49. The number of ether oxygens (including phenoxy) is 1. The summed E-state index contributed by atoms with van der Waals surface area (Å²) in [5, 5.41) is 6.73. The third-order valence-electron chi connectivity index (χ3n) is 3.83. The van der Waals surface area contributed by atoms with Crippen LogP contribution in [0.25, 0.3) is 11.3 Å². The Hall–Kier alpha value is -2.84. The van der Waals surface area contributed by atoms with E-state index >= 15 is 0 Å². The maximum Gasteiger partial charge on any atom is 0.307 e. The first-order chi connectivity index (χ1) is 13.5. The van der Waals surface area contributed by atoms with Gasteiger partial charge in [0, 0.05) is 17.4 Å². The normalized spacial score (nSPS) is 11.6. The molecule has 0 aliphatic rings. The number of hydrogen-bond acceptors (Lipinski definition) is 7. The van der Waals surface area contributed by atoms with E-state index in [1.165, 1.54) is 29.6 Å². The number of esters is 1. The molecule has 144 valence electrons. The minimum atomic E-state index is -0.978. The zero-order valence-corrected chi connectivity index (χ0v) is 16.7. The molecule has 1 amide bonds. The van der Waals surface area contributed by atoms with Crippen molar-refractivity contribution in [1.29, 1.82) is 0 Å². The van der Waals surface area contributed by atoms with Crippen LogP contribution < -0.4 is 5.32 Å². The monoisotopic (exact) mass is 414 g/mol. The number of thiophene rings is 1. The van der Waals surface area contributed by atoms with Crippen molar-refractivity contribution in [1.82, 2.24) is 4.98 Å². The highest BCUT2D eigenvalue weighted by molar-refractivity contribution is 7.14. The maximum absolute atomic E-state index is 12.2. The molecule has 2 aromatic heterocycles. The van der Waals surface area contributed by atoms with Crippen LogP contribution in [-0.4, -0.2) is 28.7 Å². The summed E-state index contributed by atoms with van der Waals surface area (Å²) in [5.74, 6) is -1.16. The van der Waals surface area contributed by atoms with E-state index in [1.807, 2.05) is 35.7 Å². The second-order valence-electron chi connectivity index (χ2n) is 5.93. The highest BCUT2D eigenvalue weighted by Gasteiger charge is 2.20. The summed E-state index contributed by atoms with van der Waals surface area (Å²) >= 11 is 2.63. The van der Waals surface area contributed by atoms with Crippen LogP contribution >= 0.6 is 22.7 Å². The van der Waals surface area contributed by atoms with Gasteiger partial charge in [0.15, 0.2) is 17.0 Å². The maximum atomic E-state index is 12.2. The topological polar surface area (TPSA) is 85.4 Å². The van der Waals surface area contributed by atoms with E-state index in [4.69, 9.17) is 4.74 Å². The summed E-state index contributed by atoms with van der Waals surface area (Å²) in [4.78, 5) is 41.0. The number of Topliss-reactive ketones (excluding diaryl/α,β-unsaturated/α-hetero) is 1. The van der Waals surface area contributed by atoms with Gasteiger partial charge < -0.3 is 4.74 Å². The Morgan fingerprint density at radius 1 is 1.07 bits per heavy atom. The fourth-order valence-electron chi connectivity index (χ4n) is 2.37. The van der Waals surface area contributed by atoms with E-state index in [2.05, 4.69) is 10.3 Å². The third kappa shape index (κ3) is 5.34. The van der Waals surface area contributed by atoms with Gasteiger partial charge >= 0.3 is 5.97 Å². The molecular weight excluding hydrogens is 396 g/mol. The van der Waals surface area contributed by atoms with Crippen LogP contribution in [0.5, 0.6) is 0 Å². The highest BCUT2D eigenvalue weighted by Crippen LogP contribution is 2.24. The van der Waals surface area contributed by atoms with Crippen LogP contribution in [0.3, 0.4) is 0 Å². The zero-order chi connectivity index (χ0) is 19.9. The lowest BCUT2D eigenvalue weighted by Crippen LogP contribution is -2.30. The number of carbonyl (C=O) groups is 3. The number of hydrogen-bond donors (Lipinski definition) is 1. The van der Waals surface area contributed by atoms with Crippen molar-refractivity contribution in [3.05, 3.63) is 58.1 Å². The first-order valence-corrected chi connectivity index (χ1v) is 10.4. The fourth-order valence-corrected chi connectivity index (χ4v) is 3.78. The van der Waals surface area contributed by atoms with Gasteiger partial charge in [-0.1, -0.05) is 36.4 Å². The minimum Gasteiger partial charge on any atom is -0.453 e. The summed E-state index contributed by atoms with van der Waals surface area (Å²) < 4.78 is 5.12. The van der Waals surface area contributed by atoms with E-state index in [0.717, 1.165) is 11.3 Å². The zero-order valence-electron chi connectivity index (χ0n) is 15.1. The first-order valence-electron chi connectivity index (χ1n) is 8.61.